The Kier molecular flexibility index (Phi) is 4.49. The number of aliphatic hydroxyl groups is 1. The number of aliphatic hydroxyl groups excluding tert-OH is 1. The number of anilines is 1. The summed E-state index contributed by atoms with van der Waals surface area (Å²) in [7, 11) is 1.59. The molecule has 1 saturated heterocycles. The van der Waals surface area contributed by atoms with Crippen LogP contribution < -0.4 is 15.0 Å². The maximum absolute atomic E-state index is 12.0. The topological polar surface area (TPSA) is 61.8 Å². The van der Waals surface area contributed by atoms with Crippen LogP contribution in [0.1, 0.15) is 31.9 Å². The van der Waals surface area contributed by atoms with Gasteiger partial charge in [-0.2, -0.15) is 0 Å². The second kappa shape index (κ2) is 6.13. The van der Waals surface area contributed by atoms with Crippen LogP contribution in [0.2, 0.25) is 0 Å². The molecular formula is C15H22N2O3. The lowest BCUT2D eigenvalue weighted by atomic mass is 10.0. The largest absolute Gasteiger partial charge is 0.496 e. The number of benzene rings is 1. The van der Waals surface area contributed by atoms with Gasteiger partial charge in [-0.3, -0.25) is 4.79 Å². The number of methoxy groups -OCH3 is 1. The minimum Gasteiger partial charge on any atom is -0.496 e. The average molecular weight is 278 g/mol. The van der Waals surface area contributed by atoms with Gasteiger partial charge in [0.1, 0.15) is 11.8 Å². The summed E-state index contributed by atoms with van der Waals surface area (Å²) in [5, 5.41) is 13.0. The number of carbonyl (C=O) groups excluding carboxylic acids is 1. The molecule has 20 heavy (non-hydrogen) atoms. The highest BCUT2D eigenvalue weighted by atomic mass is 16.5. The molecule has 0 spiro atoms. The third-order valence-corrected chi connectivity index (χ3v) is 3.71. The molecule has 1 aliphatic rings. The molecule has 0 saturated carbocycles. The lowest BCUT2D eigenvalue weighted by Crippen LogP contribution is -2.55. The number of carbonyl (C=O) groups is 1. The molecule has 5 nitrogen and oxygen atoms in total. The van der Waals surface area contributed by atoms with E-state index in [1.165, 1.54) is 0 Å². The van der Waals surface area contributed by atoms with E-state index in [4.69, 9.17) is 4.74 Å². The van der Waals surface area contributed by atoms with E-state index in [0.29, 0.717) is 12.3 Å². The average Bonchev–Trinajstić information content (AvgIpc) is 2.45. The molecule has 0 radical (unpaired) electrons. The molecule has 1 aromatic rings. The van der Waals surface area contributed by atoms with Crippen molar-refractivity contribution >= 4 is 11.6 Å². The number of hydrogen-bond acceptors (Lipinski definition) is 4. The molecule has 1 aliphatic heterocycles. The Hall–Kier alpha value is -1.75. The van der Waals surface area contributed by atoms with Gasteiger partial charge in [-0.05, 0) is 25.5 Å². The van der Waals surface area contributed by atoms with Gasteiger partial charge in [0, 0.05) is 24.3 Å². The molecule has 1 fully saturated rings. The predicted molar refractivity (Wildman–Crippen MR) is 78.1 cm³/mol. The zero-order valence-corrected chi connectivity index (χ0v) is 12.2. The fourth-order valence-corrected chi connectivity index (χ4v) is 2.79. The monoisotopic (exact) mass is 278 g/mol. The van der Waals surface area contributed by atoms with Gasteiger partial charge in [0.25, 0.3) is 0 Å². The molecule has 1 heterocycles. The van der Waals surface area contributed by atoms with Crippen LogP contribution >= 0.6 is 0 Å². The number of hydrogen-bond donors (Lipinski definition) is 2. The molecule has 5 heteroatoms. The third-order valence-electron chi connectivity index (χ3n) is 3.71. The Morgan fingerprint density at radius 2 is 2.30 bits per heavy atom. The smallest absolute Gasteiger partial charge is 0.242 e. The van der Waals surface area contributed by atoms with Gasteiger partial charge in [0.2, 0.25) is 5.91 Å². The van der Waals surface area contributed by atoms with E-state index < -0.39 is 6.10 Å². The Morgan fingerprint density at radius 1 is 1.55 bits per heavy atom. The Labute approximate surface area is 119 Å². The maximum Gasteiger partial charge on any atom is 0.242 e. The van der Waals surface area contributed by atoms with Crippen molar-refractivity contribution < 1.29 is 14.6 Å². The molecule has 2 N–H and O–H groups in total. The van der Waals surface area contributed by atoms with E-state index in [0.717, 1.165) is 24.2 Å². The molecule has 0 aromatic heterocycles. The van der Waals surface area contributed by atoms with Gasteiger partial charge in [0.05, 0.1) is 13.2 Å². The Bertz CT molecular complexity index is 488. The first kappa shape index (κ1) is 14.7. The predicted octanol–water partition coefficient (Wildman–Crippen LogP) is 1.46. The summed E-state index contributed by atoms with van der Waals surface area (Å²) >= 11 is 0. The molecule has 1 aromatic carbocycles. The molecule has 110 valence electrons. The first-order valence-electron chi connectivity index (χ1n) is 6.99. The summed E-state index contributed by atoms with van der Waals surface area (Å²) in [4.78, 5) is 14.1. The van der Waals surface area contributed by atoms with Crippen LogP contribution in [0.3, 0.4) is 0 Å². The molecule has 0 bridgehead atoms. The summed E-state index contributed by atoms with van der Waals surface area (Å²) < 4.78 is 5.35. The van der Waals surface area contributed by atoms with Gasteiger partial charge < -0.3 is 20.1 Å². The quantitative estimate of drug-likeness (QED) is 0.875. The molecule has 0 aliphatic carbocycles. The second-order valence-corrected chi connectivity index (χ2v) is 4.98. The number of ether oxygens (including phenoxy) is 1. The van der Waals surface area contributed by atoms with Crippen LogP contribution in [0.5, 0.6) is 5.75 Å². The lowest BCUT2D eigenvalue weighted by molar-refractivity contribution is -0.123. The van der Waals surface area contributed by atoms with Crippen LogP contribution in [0.4, 0.5) is 5.69 Å². The van der Waals surface area contributed by atoms with Gasteiger partial charge in [-0.15, -0.1) is 0 Å². The second-order valence-electron chi connectivity index (χ2n) is 4.98. The summed E-state index contributed by atoms with van der Waals surface area (Å²) in [6, 6.07) is 5.45. The number of piperazine rings is 1. The summed E-state index contributed by atoms with van der Waals surface area (Å²) in [6.45, 7) is 5.06. The number of nitrogens with one attached hydrogen (secondary N) is 1. The maximum atomic E-state index is 12.0. The van der Waals surface area contributed by atoms with Crippen LogP contribution in [0.25, 0.3) is 0 Å². The highest BCUT2D eigenvalue weighted by Crippen LogP contribution is 2.36. The zero-order chi connectivity index (χ0) is 14.7. The van der Waals surface area contributed by atoms with E-state index >= 15 is 0 Å². The van der Waals surface area contributed by atoms with E-state index in [9.17, 15) is 9.90 Å². The number of rotatable bonds is 4. The highest BCUT2D eigenvalue weighted by molar-refractivity contribution is 5.87. The first-order valence-corrected chi connectivity index (χ1v) is 6.99. The zero-order valence-electron chi connectivity index (χ0n) is 12.2. The van der Waals surface area contributed by atoms with Crippen molar-refractivity contribution in [1.29, 1.82) is 0 Å². The molecule has 2 atom stereocenters. The normalized spacial score (nSPS) is 20.5. The van der Waals surface area contributed by atoms with Crippen molar-refractivity contribution in [2.24, 2.45) is 0 Å². The summed E-state index contributed by atoms with van der Waals surface area (Å²) in [5.74, 6) is 0.691. The fraction of sp³-hybridized carbons (Fsp3) is 0.533. The highest BCUT2D eigenvalue weighted by Gasteiger charge is 2.30. The Balaban J connectivity index is 2.47. The van der Waals surface area contributed by atoms with Gasteiger partial charge in [-0.1, -0.05) is 13.0 Å². The number of nitrogens with zero attached hydrogens (tertiary/aromatic N) is 1. The SMILES string of the molecule is CCC1C(=O)NCCN1c1cccc(OC)c1[C@@H](C)O. The van der Waals surface area contributed by atoms with Crippen molar-refractivity contribution in [1.82, 2.24) is 5.32 Å². The van der Waals surface area contributed by atoms with Crippen LogP contribution in [0.15, 0.2) is 18.2 Å². The molecule has 2 rings (SSSR count). The van der Waals surface area contributed by atoms with Crippen molar-refractivity contribution in [3.8, 4) is 5.75 Å². The van der Waals surface area contributed by atoms with E-state index in [-0.39, 0.29) is 11.9 Å². The standard InChI is InChI=1S/C15H22N2O3/c1-4-11-15(19)16-8-9-17(11)12-6-5-7-13(20-3)14(12)10(2)18/h5-7,10-11,18H,4,8-9H2,1-3H3,(H,16,19)/t10-,11?/m1/s1. The molecular weight excluding hydrogens is 256 g/mol. The van der Waals surface area contributed by atoms with E-state index in [1.807, 2.05) is 25.1 Å². The van der Waals surface area contributed by atoms with Crippen molar-refractivity contribution in [2.75, 3.05) is 25.1 Å². The van der Waals surface area contributed by atoms with Gasteiger partial charge in [0.15, 0.2) is 0 Å². The van der Waals surface area contributed by atoms with Crippen LogP contribution in [0, 0.1) is 0 Å². The van der Waals surface area contributed by atoms with E-state index in [1.54, 1.807) is 14.0 Å². The third kappa shape index (κ3) is 2.58. The minimum absolute atomic E-state index is 0.0399. The number of amides is 1. The van der Waals surface area contributed by atoms with Crippen molar-refractivity contribution in [2.45, 2.75) is 32.4 Å². The minimum atomic E-state index is -0.649. The van der Waals surface area contributed by atoms with Gasteiger partial charge >= 0.3 is 0 Å². The molecule has 1 amide bonds. The summed E-state index contributed by atoms with van der Waals surface area (Å²) in [6.07, 6.45) is 0.0751. The van der Waals surface area contributed by atoms with Crippen molar-refractivity contribution in [3.63, 3.8) is 0 Å². The molecule has 1 unspecified atom stereocenters. The van der Waals surface area contributed by atoms with Crippen molar-refractivity contribution in [3.05, 3.63) is 23.8 Å². The summed E-state index contributed by atoms with van der Waals surface area (Å²) in [5.41, 5.74) is 1.62. The van der Waals surface area contributed by atoms with Crippen LogP contribution in [-0.2, 0) is 4.79 Å². The van der Waals surface area contributed by atoms with Crippen LogP contribution in [-0.4, -0.2) is 37.3 Å². The lowest BCUT2D eigenvalue weighted by Gasteiger charge is -2.38. The first-order chi connectivity index (χ1) is 9.60. The van der Waals surface area contributed by atoms with Gasteiger partial charge in [-0.25, -0.2) is 0 Å². The Morgan fingerprint density at radius 3 is 2.90 bits per heavy atom. The van der Waals surface area contributed by atoms with E-state index in [2.05, 4.69) is 10.2 Å². The fourth-order valence-electron chi connectivity index (χ4n) is 2.79.